The van der Waals surface area contributed by atoms with E-state index < -0.39 is 6.09 Å². The fourth-order valence-electron chi connectivity index (χ4n) is 1.18. The average molecular weight is 251 g/mol. The summed E-state index contributed by atoms with van der Waals surface area (Å²) in [5, 5.41) is 10.9. The van der Waals surface area contributed by atoms with Crippen molar-refractivity contribution in [2.75, 3.05) is 0 Å². The first-order chi connectivity index (χ1) is 8.60. The fraction of sp³-hybridized carbons (Fsp3) is 0.400. The molecule has 0 spiro atoms. The number of nitrogens with one attached hydrogen (secondary N) is 1. The van der Waals surface area contributed by atoms with Gasteiger partial charge in [0.1, 0.15) is 0 Å². The van der Waals surface area contributed by atoms with Gasteiger partial charge in [0.25, 0.3) is 0 Å². The molecule has 1 amide bonds. The molecule has 18 heavy (non-hydrogen) atoms. The second kappa shape index (κ2) is 13.3. The summed E-state index contributed by atoms with van der Waals surface area (Å²) in [7, 11) is 0. The molecule has 0 aromatic rings. The average Bonchev–Trinajstić information content (AvgIpc) is 2.35. The van der Waals surface area contributed by atoms with Gasteiger partial charge >= 0.3 is 6.09 Å². The third-order valence-electron chi connectivity index (χ3n) is 2.06. The zero-order valence-electron chi connectivity index (χ0n) is 11.6. The summed E-state index contributed by atoms with van der Waals surface area (Å²) in [6, 6.07) is -0.0516. The summed E-state index contributed by atoms with van der Waals surface area (Å²) in [5.41, 5.74) is 1.08. The molecule has 102 valence electrons. The first kappa shape index (κ1) is 18.6. The molecule has 0 fully saturated rings. The van der Waals surface area contributed by atoms with Crippen molar-refractivity contribution in [2.24, 2.45) is 0 Å². The van der Waals surface area contributed by atoms with Crippen LogP contribution in [0.4, 0.5) is 4.79 Å². The molecule has 1 unspecified atom stereocenters. The van der Waals surface area contributed by atoms with E-state index in [2.05, 4.69) is 18.5 Å². The lowest BCUT2D eigenvalue weighted by Gasteiger charge is -2.10. The van der Waals surface area contributed by atoms with Crippen LogP contribution in [0.15, 0.2) is 49.1 Å². The van der Waals surface area contributed by atoms with Crippen LogP contribution in [0.1, 0.15) is 33.6 Å². The minimum absolute atomic E-state index is 0.0516. The summed E-state index contributed by atoms with van der Waals surface area (Å²) in [6.45, 7) is 13.1. The number of carbonyl (C=O) groups is 1. The molecule has 0 saturated carbocycles. The second-order valence-electron chi connectivity index (χ2n) is 3.46. The molecule has 0 aromatic carbocycles. The molecule has 3 nitrogen and oxygen atoms in total. The minimum atomic E-state index is -0.983. The second-order valence-corrected chi connectivity index (χ2v) is 3.46. The first-order valence-electron chi connectivity index (χ1n) is 6.20. The molecule has 2 N–H and O–H groups in total. The predicted molar refractivity (Wildman–Crippen MR) is 78.8 cm³/mol. The van der Waals surface area contributed by atoms with Crippen molar-refractivity contribution in [3.63, 3.8) is 0 Å². The molecular weight excluding hydrogens is 226 g/mol. The van der Waals surface area contributed by atoms with E-state index in [0.29, 0.717) is 0 Å². The molecule has 0 rings (SSSR count). The molecule has 0 aliphatic rings. The van der Waals surface area contributed by atoms with Gasteiger partial charge in [0.05, 0.1) is 0 Å². The quantitative estimate of drug-likeness (QED) is 0.663. The smallest absolute Gasteiger partial charge is 0.404 e. The topological polar surface area (TPSA) is 49.3 Å². The van der Waals surface area contributed by atoms with E-state index in [9.17, 15) is 4.79 Å². The summed E-state index contributed by atoms with van der Waals surface area (Å²) < 4.78 is 0. The van der Waals surface area contributed by atoms with Gasteiger partial charge in [-0.3, -0.25) is 0 Å². The Morgan fingerprint density at radius 2 is 1.94 bits per heavy atom. The maximum absolute atomic E-state index is 10.4. The monoisotopic (exact) mass is 251 g/mol. The fourth-order valence-corrected chi connectivity index (χ4v) is 1.18. The van der Waals surface area contributed by atoms with E-state index in [-0.39, 0.29) is 6.04 Å². The summed E-state index contributed by atoms with van der Waals surface area (Å²) in [4.78, 5) is 10.4. The standard InChI is InChI=1S/C13H19NO2.C2H6/c1-4-6-7-8-12(5-2)10-9-11(3)14-13(15)16;1-2/h4-8,11,14H,1-2,9-10H2,3H3,(H,15,16);1-2H3/b7-6-,12-8+;. The van der Waals surface area contributed by atoms with E-state index in [0.717, 1.165) is 18.4 Å². The Morgan fingerprint density at radius 3 is 2.39 bits per heavy atom. The third-order valence-corrected chi connectivity index (χ3v) is 2.06. The van der Waals surface area contributed by atoms with E-state index in [4.69, 9.17) is 5.11 Å². The van der Waals surface area contributed by atoms with E-state index in [1.54, 1.807) is 12.2 Å². The largest absolute Gasteiger partial charge is 0.465 e. The molecule has 0 heterocycles. The van der Waals surface area contributed by atoms with Crippen LogP contribution in [-0.4, -0.2) is 17.2 Å². The number of hydrogen-bond acceptors (Lipinski definition) is 1. The number of amides is 1. The van der Waals surface area contributed by atoms with Crippen molar-refractivity contribution in [1.29, 1.82) is 0 Å². The normalized spacial score (nSPS) is 12.3. The van der Waals surface area contributed by atoms with E-state index in [1.165, 1.54) is 0 Å². The Hall–Kier alpha value is -1.77. The Balaban J connectivity index is 0. The van der Waals surface area contributed by atoms with Crippen LogP contribution in [0.2, 0.25) is 0 Å². The Kier molecular flexibility index (Phi) is 13.7. The minimum Gasteiger partial charge on any atom is -0.465 e. The van der Waals surface area contributed by atoms with Gasteiger partial charge in [-0.2, -0.15) is 0 Å². The van der Waals surface area contributed by atoms with Crippen LogP contribution in [0.5, 0.6) is 0 Å². The van der Waals surface area contributed by atoms with Crippen LogP contribution in [-0.2, 0) is 0 Å². The highest BCUT2D eigenvalue weighted by Gasteiger charge is 2.04. The number of hydrogen-bond donors (Lipinski definition) is 2. The Morgan fingerprint density at radius 1 is 1.33 bits per heavy atom. The van der Waals surface area contributed by atoms with Gasteiger partial charge < -0.3 is 10.4 Å². The van der Waals surface area contributed by atoms with Crippen LogP contribution in [0, 0.1) is 0 Å². The van der Waals surface area contributed by atoms with Crippen molar-refractivity contribution in [3.05, 3.63) is 49.1 Å². The molecule has 0 bridgehead atoms. The van der Waals surface area contributed by atoms with E-state index >= 15 is 0 Å². The molecule has 0 aliphatic heterocycles. The van der Waals surface area contributed by atoms with Crippen LogP contribution >= 0.6 is 0 Å². The van der Waals surface area contributed by atoms with Crippen LogP contribution < -0.4 is 5.32 Å². The number of rotatable bonds is 7. The number of carboxylic acid groups (broad SMARTS) is 1. The predicted octanol–water partition coefficient (Wildman–Crippen LogP) is 4.30. The lowest BCUT2D eigenvalue weighted by molar-refractivity contribution is 0.190. The molecule has 3 heteroatoms. The van der Waals surface area contributed by atoms with Gasteiger partial charge in [-0.25, -0.2) is 4.79 Å². The Labute approximate surface area is 111 Å². The molecular formula is C15H25NO2. The molecule has 0 saturated heterocycles. The highest BCUT2D eigenvalue weighted by Crippen LogP contribution is 2.08. The van der Waals surface area contributed by atoms with Gasteiger partial charge in [-0.05, 0) is 25.3 Å². The van der Waals surface area contributed by atoms with Crippen molar-refractivity contribution in [2.45, 2.75) is 39.7 Å². The highest BCUT2D eigenvalue weighted by molar-refractivity contribution is 5.64. The van der Waals surface area contributed by atoms with Crippen molar-refractivity contribution < 1.29 is 9.90 Å². The maximum atomic E-state index is 10.4. The SMILES string of the molecule is C=C/C=C\C=C(/C=C)CCC(C)NC(=O)O.CC. The lowest BCUT2D eigenvalue weighted by atomic mass is 10.1. The summed E-state index contributed by atoms with van der Waals surface area (Å²) in [6.07, 6.45) is 9.72. The van der Waals surface area contributed by atoms with Crippen molar-refractivity contribution >= 4 is 6.09 Å². The lowest BCUT2D eigenvalue weighted by Crippen LogP contribution is -2.30. The summed E-state index contributed by atoms with van der Waals surface area (Å²) >= 11 is 0. The van der Waals surface area contributed by atoms with Crippen molar-refractivity contribution in [3.8, 4) is 0 Å². The zero-order valence-corrected chi connectivity index (χ0v) is 11.6. The van der Waals surface area contributed by atoms with Gasteiger partial charge in [-0.15, -0.1) is 0 Å². The third kappa shape index (κ3) is 12.3. The zero-order chi connectivity index (χ0) is 14.4. The summed E-state index contributed by atoms with van der Waals surface area (Å²) in [5.74, 6) is 0. The van der Waals surface area contributed by atoms with Crippen LogP contribution in [0.25, 0.3) is 0 Å². The van der Waals surface area contributed by atoms with Gasteiger partial charge in [0.2, 0.25) is 0 Å². The van der Waals surface area contributed by atoms with Gasteiger partial charge in [-0.1, -0.05) is 57.4 Å². The molecule has 0 radical (unpaired) electrons. The number of allylic oxidation sites excluding steroid dienone is 6. The van der Waals surface area contributed by atoms with Gasteiger partial charge in [0, 0.05) is 6.04 Å². The van der Waals surface area contributed by atoms with E-state index in [1.807, 2.05) is 39.0 Å². The molecule has 1 atom stereocenters. The molecule has 0 aliphatic carbocycles. The van der Waals surface area contributed by atoms with Gasteiger partial charge in [0.15, 0.2) is 0 Å². The highest BCUT2D eigenvalue weighted by atomic mass is 16.4. The maximum Gasteiger partial charge on any atom is 0.404 e. The Bertz CT molecular complexity index is 304. The van der Waals surface area contributed by atoms with Crippen molar-refractivity contribution in [1.82, 2.24) is 5.32 Å². The molecule has 0 aromatic heterocycles. The van der Waals surface area contributed by atoms with Crippen LogP contribution in [0.3, 0.4) is 0 Å². The first-order valence-corrected chi connectivity index (χ1v) is 6.20.